The first-order chi connectivity index (χ1) is 5.72. The number of halogens is 1. The van der Waals surface area contributed by atoms with Crippen LogP contribution in [0.3, 0.4) is 0 Å². The third kappa shape index (κ3) is 2.75. The van der Waals surface area contributed by atoms with Crippen LogP contribution in [0.5, 0.6) is 0 Å². The first kappa shape index (κ1) is 9.41. The van der Waals surface area contributed by atoms with E-state index in [0.717, 1.165) is 0 Å². The zero-order valence-corrected chi connectivity index (χ0v) is 6.79. The number of nitrogens with one attached hydrogen (secondary N) is 1. The van der Waals surface area contributed by atoms with Crippen LogP contribution in [0, 0.1) is 0 Å². The minimum Gasteiger partial charge on any atom is -0.481 e. The average Bonchev–Trinajstić information content (AvgIpc) is 2.03. The largest absolute Gasteiger partial charge is 0.481 e. The van der Waals surface area contributed by atoms with Crippen molar-refractivity contribution >= 4 is 5.97 Å². The Morgan fingerprint density at radius 3 is 3.08 bits per heavy atom. The van der Waals surface area contributed by atoms with Gasteiger partial charge in [0, 0.05) is 25.7 Å². The van der Waals surface area contributed by atoms with Crippen LogP contribution in [0.4, 0.5) is 4.39 Å². The van der Waals surface area contributed by atoms with E-state index in [1.165, 1.54) is 0 Å². The van der Waals surface area contributed by atoms with Gasteiger partial charge in [-0.05, 0) is 0 Å². The van der Waals surface area contributed by atoms with E-state index in [1.54, 1.807) is 4.90 Å². The third-order valence-corrected chi connectivity index (χ3v) is 1.93. The third-order valence-electron chi connectivity index (χ3n) is 1.93. The zero-order chi connectivity index (χ0) is 8.97. The summed E-state index contributed by atoms with van der Waals surface area (Å²) < 4.78 is 12.1. The minimum atomic E-state index is -0.840. The molecule has 1 aliphatic heterocycles. The van der Waals surface area contributed by atoms with Crippen LogP contribution in [0.15, 0.2) is 0 Å². The summed E-state index contributed by atoms with van der Waals surface area (Å²) in [6.07, 6.45) is 0.0660. The first-order valence-corrected chi connectivity index (χ1v) is 3.96. The van der Waals surface area contributed by atoms with Crippen LogP contribution in [-0.2, 0) is 4.79 Å². The van der Waals surface area contributed by atoms with Crippen molar-refractivity contribution in [2.75, 3.05) is 26.4 Å². The fraction of sp³-hybridized carbons (Fsp3) is 0.857. The highest BCUT2D eigenvalue weighted by molar-refractivity contribution is 5.67. The molecule has 1 heterocycles. The van der Waals surface area contributed by atoms with E-state index in [-0.39, 0.29) is 12.5 Å². The molecule has 12 heavy (non-hydrogen) atoms. The fourth-order valence-corrected chi connectivity index (χ4v) is 1.35. The molecule has 0 amide bonds. The number of hydrogen-bond donors (Lipinski definition) is 2. The monoisotopic (exact) mass is 176 g/mol. The van der Waals surface area contributed by atoms with Gasteiger partial charge in [-0.3, -0.25) is 9.69 Å². The molecule has 2 N–H and O–H groups in total. The maximum atomic E-state index is 12.1. The summed E-state index contributed by atoms with van der Waals surface area (Å²) in [7, 11) is 0. The number of piperazine rings is 1. The Balaban J connectivity index is 2.30. The van der Waals surface area contributed by atoms with Gasteiger partial charge in [0.1, 0.15) is 6.80 Å². The number of carboxylic acid groups (broad SMARTS) is 1. The van der Waals surface area contributed by atoms with Crippen molar-refractivity contribution in [1.82, 2.24) is 10.2 Å². The highest BCUT2D eigenvalue weighted by atomic mass is 19.1. The molecule has 5 heteroatoms. The summed E-state index contributed by atoms with van der Waals surface area (Å²) >= 11 is 0. The van der Waals surface area contributed by atoms with Gasteiger partial charge in [0.25, 0.3) is 0 Å². The zero-order valence-electron chi connectivity index (χ0n) is 6.79. The molecule has 0 spiro atoms. The quantitative estimate of drug-likeness (QED) is 0.578. The lowest BCUT2D eigenvalue weighted by atomic mass is 10.1. The molecule has 0 bridgehead atoms. The van der Waals surface area contributed by atoms with Crippen molar-refractivity contribution in [1.29, 1.82) is 0 Å². The molecule has 0 radical (unpaired) electrons. The summed E-state index contributed by atoms with van der Waals surface area (Å²) in [6.45, 7) is 1.33. The van der Waals surface area contributed by atoms with Crippen molar-refractivity contribution in [2.45, 2.75) is 12.5 Å². The first-order valence-electron chi connectivity index (χ1n) is 3.96. The summed E-state index contributed by atoms with van der Waals surface area (Å²) in [6, 6.07) is -0.105. The topological polar surface area (TPSA) is 52.6 Å². The van der Waals surface area contributed by atoms with Crippen molar-refractivity contribution in [3.8, 4) is 0 Å². The Bertz CT molecular complexity index is 165. The van der Waals surface area contributed by atoms with E-state index in [9.17, 15) is 9.18 Å². The molecule has 1 rings (SSSR count). The number of rotatable bonds is 3. The van der Waals surface area contributed by atoms with E-state index in [1.807, 2.05) is 0 Å². The summed E-state index contributed by atoms with van der Waals surface area (Å²) in [4.78, 5) is 11.9. The molecule has 0 saturated carbocycles. The van der Waals surface area contributed by atoms with Crippen molar-refractivity contribution < 1.29 is 14.3 Å². The van der Waals surface area contributed by atoms with Gasteiger partial charge in [-0.1, -0.05) is 0 Å². The predicted molar refractivity (Wildman–Crippen MR) is 41.6 cm³/mol. The molecule has 70 valence electrons. The molecular weight excluding hydrogens is 163 g/mol. The Kier molecular flexibility index (Phi) is 3.43. The molecular formula is C7H13FN2O2. The van der Waals surface area contributed by atoms with E-state index < -0.39 is 12.8 Å². The van der Waals surface area contributed by atoms with Gasteiger partial charge in [-0.15, -0.1) is 0 Å². The normalized spacial score (nSPS) is 25.6. The lowest BCUT2D eigenvalue weighted by molar-refractivity contribution is -0.137. The number of carboxylic acids is 1. The van der Waals surface area contributed by atoms with E-state index >= 15 is 0 Å². The fourth-order valence-electron chi connectivity index (χ4n) is 1.35. The highest BCUT2D eigenvalue weighted by Crippen LogP contribution is 2.02. The Hall–Kier alpha value is -0.680. The van der Waals surface area contributed by atoms with Gasteiger partial charge >= 0.3 is 5.97 Å². The molecule has 1 atom stereocenters. The smallest absolute Gasteiger partial charge is 0.304 e. The maximum absolute atomic E-state index is 12.1. The van der Waals surface area contributed by atoms with Gasteiger partial charge in [0.05, 0.1) is 6.42 Å². The number of hydrogen-bond acceptors (Lipinski definition) is 3. The van der Waals surface area contributed by atoms with Crippen molar-refractivity contribution in [3.05, 3.63) is 0 Å². The Morgan fingerprint density at radius 1 is 1.75 bits per heavy atom. The SMILES string of the molecule is O=C(O)CC1CN(CF)CCN1. The van der Waals surface area contributed by atoms with Crippen molar-refractivity contribution in [2.24, 2.45) is 0 Å². The molecule has 0 aromatic rings. The average molecular weight is 176 g/mol. The highest BCUT2D eigenvalue weighted by Gasteiger charge is 2.20. The van der Waals surface area contributed by atoms with Crippen LogP contribution in [0.2, 0.25) is 0 Å². The number of carbonyl (C=O) groups is 1. The summed E-state index contributed by atoms with van der Waals surface area (Å²) in [5.41, 5.74) is 0. The second-order valence-corrected chi connectivity index (χ2v) is 2.95. The molecule has 0 aromatic carbocycles. The molecule has 1 aliphatic rings. The predicted octanol–water partition coefficient (Wildman–Crippen LogP) is -0.338. The molecule has 0 aliphatic carbocycles. The lowest BCUT2D eigenvalue weighted by Crippen LogP contribution is -2.50. The van der Waals surface area contributed by atoms with Crippen molar-refractivity contribution in [3.63, 3.8) is 0 Å². The molecule has 1 fully saturated rings. The van der Waals surface area contributed by atoms with Crippen LogP contribution in [0.25, 0.3) is 0 Å². The van der Waals surface area contributed by atoms with E-state index in [0.29, 0.717) is 19.6 Å². The van der Waals surface area contributed by atoms with Gasteiger partial charge in [0.2, 0.25) is 0 Å². The Labute approximate surface area is 70.4 Å². The second kappa shape index (κ2) is 4.37. The van der Waals surface area contributed by atoms with Gasteiger partial charge in [0.15, 0.2) is 0 Å². The molecule has 0 aromatic heterocycles. The van der Waals surface area contributed by atoms with E-state index in [2.05, 4.69) is 5.32 Å². The lowest BCUT2D eigenvalue weighted by Gasteiger charge is -2.30. The molecule has 4 nitrogen and oxygen atoms in total. The number of alkyl halides is 1. The van der Waals surface area contributed by atoms with Gasteiger partial charge < -0.3 is 10.4 Å². The maximum Gasteiger partial charge on any atom is 0.304 e. The molecule has 1 saturated heterocycles. The van der Waals surface area contributed by atoms with Crippen LogP contribution in [0.1, 0.15) is 6.42 Å². The molecule has 1 unspecified atom stereocenters. The van der Waals surface area contributed by atoms with Crippen LogP contribution < -0.4 is 5.32 Å². The standard InChI is InChI=1S/C7H13FN2O2/c8-5-10-2-1-9-6(4-10)3-7(11)12/h6,9H,1-5H2,(H,11,12). The van der Waals surface area contributed by atoms with Gasteiger partial charge in [-0.25, -0.2) is 4.39 Å². The van der Waals surface area contributed by atoms with E-state index in [4.69, 9.17) is 5.11 Å². The van der Waals surface area contributed by atoms with Gasteiger partial charge in [-0.2, -0.15) is 0 Å². The number of aliphatic carboxylic acids is 1. The van der Waals surface area contributed by atoms with Crippen LogP contribution in [-0.4, -0.2) is 48.5 Å². The second-order valence-electron chi connectivity index (χ2n) is 2.95. The minimum absolute atomic E-state index is 0.0660. The summed E-state index contributed by atoms with van der Waals surface area (Å²) in [5.74, 6) is -0.840. The Morgan fingerprint density at radius 2 is 2.50 bits per heavy atom. The summed E-state index contributed by atoms with van der Waals surface area (Å²) in [5, 5.41) is 11.5. The number of nitrogens with zero attached hydrogens (tertiary/aromatic N) is 1. The van der Waals surface area contributed by atoms with Crippen LogP contribution >= 0.6 is 0 Å².